The summed E-state index contributed by atoms with van der Waals surface area (Å²) in [6, 6.07) is 7.95. The zero-order chi connectivity index (χ0) is 19.0. The second-order valence-electron chi connectivity index (χ2n) is 6.71. The summed E-state index contributed by atoms with van der Waals surface area (Å²) in [7, 11) is 0. The topological polar surface area (TPSA) is 58.6 Å². The van der Waals surface area contributed by atoms with Gasteiger partial charge in [-0.2, -0.15) is 0 Å². The van der Waals surface area contributed by atoms with E-state index < -0.39 is 5.82 Å². The lowest BCUT2D eigenvalue weighted by Crippen LogP contribution is -2.42. The predicted octanol–water partition coefficient (Wildman–Crippen LogP) is 4.10. The maximum atomic E-state index is 13.4. The highest BCUT2D eigenvalue weighted by Gasteiger charge is 2.30. The Morgan fingerprint density at radius 1 is 1.26 bits per heavy atom. The Morgan fingerprint density at radius 3 is 2.81 bits per heavy atom. The zero-order valence-corrected chi connectivity index (χ0v) is 16.0. The van der Waals surface area contributed by atoms with Gasteiger partial charge in [0.15, 0.2) is 0 Å². The van der Waals surface area contributed by atoms with Gasteiger partial charge in [-0.25, -0.2) is 4.39 Å². The number of halogens is 2. The third kappa shape index (κ3) is 4.15. The predicted molar refractivity (Wildman–Crippen MR) is 102 cm³/mol. The molecule has 27 heavy (non-hydrogen) atoms. The first kappa shape index (κ1) is 18.4. The van der Waals surface area contributed by atoms with Crippen molar-refractivity contribution in [3.63, 3.8) is 0 Å². The summed E-state index contributed by atoms with van der Waals surface area (Å²) in [5.41, 5.74) is 0.738. The number of benzene rings is 1. The molecule has 2 aliphatic rings. The first-order chi connectivity index (χ1) is 13.0. The third-order valence-corrected chi connectivity index (χ3v) is 5.96. The Labute approximate surface area is 165 Å². The van der Waals surface area contributed by atoms with Crippen molar-refractivity contribution < 1.29 is 18.7 Å². The van der Waals surface area contributed by atoms with Crippen LogP contribution in [0.25, 0.3) is 0 Å². The quantitative estimate of drug-likeness (QED) is 0.828. The molecular weight excluding hydrogens is 391 g/mol. The van der Waals surface area contributed by atoms with Gasteiger partial charge in [0.05, 0.1) is 28.1 Å². The third-order valence-electron chi connectivity index (χ3n) is 4.68. The van der Waals surface area contributed by atoms with E-state index in [4.69, 9.17) is 16.3 Å². The van der Waals surface area contributed by atoms with E-state index in [0.717, 1.165) is 18.4 Å². The lowest BCUT2D eigenvalue weighted by molar-refractivity contribution is -0.117. The van der Waals surface area contributed by atoms with Crippen LogP contribution in [0.4, 0.5) is 9.39 Å². The van der Waals surface area contributed by atoms with Crippen molar-refractivity contribution in [3.05, 3.63) is 51.6 Å². The van der Waals surface area contributed by atoms with E-state index in [9.17, 15) is 14.0 Å². The molecule has 2 aromatic rings. The lowest BCUT2D eigenvalue weighted by Gasteiger charge is -2.33. The van der Waals surface area contributed by atoms with Crippen LogP contribution in [0.1, 0.15) is 34.2 Å². The van der Waals surface area contributed by atoms with Crippen LogP contribution in [0.3, 0.4) is 0 Å². The summed E-state index contributed by atoms with van der Waals surface area (Å²) in [5.74, 6) is -0.443. The van der Waals surface area contributed by atoms with Crippen LogP contribution >= 0.6 is 22.9 Å². The number of amides is 2. The zero-order valence-electron chi connectivity index (χ0n) is 14.4. The standard InChI is InChI=1S/C19H18ClFN2O3S/c20-13-9-12(3-4-14(13)21)15-10-23(7-8-26-15)19(25)16-5-6-17(27-16)22-18(24)11-1-2-11/h3-6,9,11,15H,1-2,7-8,10H2,(H,22,24). The van der Waals surface area contributed by atoms with Gasteiger partial charge >= 0.3 is 0 Å². The minimum Gasteiger partial charge on any atom is -0.370 e. The largest absolute Gasteiger partial charge is 0.370 e. The van der Waals surface area contributed by atoms with Gasteiger partial charge in [0, 0.05) is 12.5 Å². The van der Waals surface area contributed by atoms with Gasteiger partial charge in [0.2, 0.25) is 5.91 Å². The molecule has 2 fully saturated rings. The van der Waals surface area contributed by atoms with Crippen molar-refractivity contribution in [2.24, 2.45) is 5.92 Å². The van der Waals surface area contributed by atoms with Crippen molar-refractivity contribution in [3.8, 4) is 0 Å². The highest BCUT2D eigenvalue weighted by Crippen LogP contribution is 2.32. The van der Waals surface area contributed by atoms with E-state index in [1.54, 1.807) is 23.1 Å². The minimum atomic E-state index is -0.483. The summed E-state index contributed by atoms with van der Waals surface area (Å²) in [4.78, 5) is 27.0. The average molecular weight is 409 g/mol. The Morgan fingerprint density at radius 2 is 2.07 bits per heavy atom. The van der Waals surface area contributed by atoms with Gasteiger partial charge in [0.25, 0.3) is 5.91 Å². The number of nitrogens with one attached hydrogen (secondary N) is 1. The average Bonchev–Trinajstić information content (AvgIpc) is 3.43. The number of anilines is 1. The first-order valence-electron chi connectivity index (χ1n) is 8.78. The smallest absolute Gasteiger partial charge is 0.264 e. The molecule has 142 valence electrons. The summed E-state index contributed by atoms with van der Waals surface area (Å²) in [5, 5.41) is 3.58. The fraction of sp³-hybridized carbons (Fsp3) is 0.368. The van der Waals surface area contributed by atoms with Crippen LogP contribution in [0, 0.1) is 11.7 Å². The Hall–Kier alpha value is -1.96. The second kappa shape index (κ2) is 7.58. The van der Waals surface area contributed by atoms with Gasteiger partial charge in [-0.3, -0.25) is 9.59 Å². The molecule has 1 aromatic heterocycles. The van der Waals surface area contributed by atoms with Crippen molar-refractivity contribution in [1.82, 2.24) is 4.90 Å². The number of carbonyl (C=O) groups is 2. The molecule has 0 spiro atoms. The van der Waals surface area contributed by atoms with Crippen LogP contribution in [-0.4, -0.2) is 36.4 Å². The number of nitrogens with zero attached hydrogens (tertiary/aromatic N) is 1. The molecule has 1 aromatic carbocycles. The van der Waals surface area contributed by atoms with Gasteiger partial charge in [-0.1, -0.05) is 17.7 Å². The number of ether oxygens (including phenoxy) is 1. The Kier molecular flexibility index (Phi) is 5.16. The van der Waals surface area contributed by atoms with Gasteiger partial charge in [0.1, 0.15) is 11.9 Å². The summed E-state index contributed by atoms with van der Waals surface area (Å²) >= 11 is 7.13. The second-order valence-corrected chi connectivity index (χ2v) is 8.20. The molecule has 1 N–H and O–H groups in total. The van der Waals surface area contributed by atoms with Crippen LogP contribution in [-0.2, 0) is 9.53 Å². The number of carbonyl (C=O) groups excluding carboxylic acids is 2. The minimum absolute atomic E-state index is 0.0236. The van der Waals surface area contributed by atoms with E-state index >= 15 is 0 Å². The van der Waals surface area contributed by atoms with E-state index in [-0.39, 0.29) is 28.9 Å². The molecule has 1 aliphatic heterocycles. The molecule has 1 saturated heterocycles. The molecule has 8 heteroatoms. The van der Waals surface area contributed by atoms with Crippen molar-refractivity contribution in [1.29, 1.82) is 0 Å². The SMILES string of the molecule is O=C(Nc1ccc(C(=O)N2CCOC(c3ccc(F)c(Cl)c3)C2)s1)C1CC1. The number of hydrogen-bond acceptors (Lipinski definition) is 4. The summed E-state index contributed by atoms with van der Waals surface area (Å²) < 4.78 is 19.1. The van der Waals surface area contributed by atoms with Crippen molar-refractivity contribution >= 4 is 39.8 Å². The van der Waals surface area contributed by atoms with E-state index in [2.05, 4.69) is 5.32 Å². The first-order valence-corrected chi connectivity index (χ1v) is 9.97. The molecule has 5 nitrogen and oxygen atoms in total. The highest BCUT2D eigenvalue weighted by atomic mass is 35.5. The van der Waals surface area contributed by atoms with E-state index in [1.807, 2.05) is 0 Å². The molecule has 0 bridgehead atoms. The molecule has 0 radical (unpaired) electrons. The number of thiophene rings is 1. The van der Waals surface area contributed by atoms with E-state index in [1.165, 1.54) is 23.5 Å². The van der Waals surface area contributed by atoms with Crippen LogP contribution in [0.2, 0.25) is 5.02 Å². The molecule has 1 saturated carbocycles. The van der Waals surface area contributed by atoms with Crippen LogP contribution in [0.5, 0.6) is 0 Å². The lowest BCUT2D eigenvalue weighted by atomic mass is 10.1. The number of morpholine rings is 1. The molecular formula is C19H18ClFN2O3S. The van der Waals surface area contributed by atoms with Crippen LogP contribution in [0.15, 0.2) is 30.3 Å². The molecule has 2 heterocycles. The van der Waals surface area contributed by atoms with Crippen molar-refractivity contribution in [2.75, 3.05) is 25.0 Å². The fourth-order valence-electron chi connectivity index (χ4n) is 2.99. The maximum absolute atomic E-state index is 13.4. The highest BCUT2D eigenvalue weighted by molar-refractivity contribution is 7.18. The summed E-state index contributed by atoms with van der Waals surface area (Å²) in [6.45, 7) is 1.23. The molecule has 1 atom stereocenters. The maximum Gasteiger partial charge on any atom is 0.264 e. The molecule has 2 amide bonds. The number of hydrogen-bond donors (Lipinski definition) is 1. The van der Waals surface area contributed by atoms with Gasteiger partial charge in [-0.05, 0) is 42.7 Å². The van der Waals surface area contributed by atoms with Gasteiger partial charge in [-0.15, -0.1) is 11.3 Å². The summed E-state index contributed by atoms with van der Waals surface area (Å²) in [6.07, 6.45) is 1.52. The normalized spacial score (nSPS) is 19.8. The Balaban J connectivity index is 1.43. The molecule has 4 rings (SSSR count). The fourth-order valence-corrected chi connectivity index (χ4v) is 4.06. The van der Waals surface area contributed by atoms with Crippen LogP contribution < -0.4 is 5.32 Å². The van der Waals surface area contributed by atoms with E-state index in [0.29, 0.717) is 29.6 Å². The Bertz CT molecular complexity index is 884. The molecule has 1 unspecified atom stereocenters. The van der Waals surface area contributed by atoms with Gasteiger partial charge < -0.3 is 15.0 Å². The number of rotatable bonds is 4. The monoisotopic (exact) mass is 408 g/mol. The molecule has 1 aliphatic carbocycles. The van der Waals surface area contributed by atoms with Crippen molar-refractivity contribution in [2.45, 2.75) is 18.9 Å².